The first-order chi connectivity index (χ1) is 14.5. The van der Waals surface area contributed by atoms with Crippen LogP contribution < -0.4 is 5.32 Å². The number of pyridine rings is 1. The molecule has 1 heterocycles. The summed E-state index contributed by atoms with van der Waals surface area (Å²) in [6.07, 6.45) is 3.38. The monoisotopic (exact) mass is 402 g/mol. The van der Waals surface area contributed by atoms with Crippen LogP contribution in [0.1, 0.15) is 48.5 Å². The Morgan fingerprint density at radius 3 is 2.50 bits per heavy atom. The summed E-state index contributed by atoms with van der Waals surface area (Å²) in [7, 11) is 0. The molecular formula is C25H26N2O3. The number of amides is 1. The fourth-order valence-electron chi connectivity index (χ4n) is 3.88. The third kappa shape index (κ3) is 4.35. The van der Waals surface area contributed by atoms with Crippen molar-refractivity contribution in [3.63, 3.8) is 0 Å². The van der Waals surface area contributed by atoms with Crippen LogP contribution in [0.4, 0.5) is 0 Å². The van der Waals surface area contributed by atoms with Crippen LogP contribution in [0.2, 0.25) is 0 Å². The number of para-hydroxylation sites is 1. The lowest BCUT2D eigenvalue weighted by atomic mass is 10.0. The predicted octanol–water partition coefficient (Wildman–Crippen LogP) is 4.81. The lowest BCUT2D eigenvalue weighted by molar-refractivity contribution is -0.129. The summed E-state index contributed by atoms with van der Waals surface area (Å²) in [6, 6.07) is 17.4. The summed E-state index contributed by atoms with van der Waals surface area (Å²) in [5.41, 5.74) is 3.90. The highest BCUT2D eigenvalue weighted by molar-refractivity contribution is 6.05. The van der Waals surface area contributed by atoms with E-state index in [0.29, 0.717) is 22.2 Å². The largest absolute Gasteiger partial charge is 0.449 e. The Hall–Kier alpha value is -3.21. The average molecular weight is 402 g/mol. The van der Waals surface area contributed by atoms with Gasteiger partial charge in [0.25, 0.3) is 5.91 Å². The molecule has 1 amide bonds. The zero-order valence-electron chi connectivity index (χ0n) is 17.4. The number of aromatic nitrogens is 1. The van der Waals surface area contributed by atoms with E-state index in [1.807, 2.05) is 55.5 Å². The highest BCUT2D eigenvalue weighted by atomic mass is 16.5. The summed E-state index contributed by atoms with van der Waals surface area (Å²) in [5, 5.41) is 3.70. The van der Waals surface area contributed by atoms with Gasteiger partial charge in [-0.1, -0.05) is 60.9 Å². The first kappa shape index (κ1) is 20.1. The van der Waals surface area contributed by atoms with E-state index in [9.17, 15) is 9.59 Å². The van der Waals surface area contributed by atoms with Crippen LogP contribution in [0.15, 0.2) is 54.6 Å². The van der Waals surface area contributed by atoms with Gasteiger partial charge in [-0.25, -0.2) is 9.78 Å². The van der Waals surface area contributed by atoms with Crippen molar-refractivity contribution in [1.82, 2.24) is 10.3 Å². The van der Waals surface area contributed by atoms with E-state index in [2.05, 4.69) is 5.32 Å². The first-order valence-electron chi connectivity index (χ1n) is 10.5. The van der Waals surface area contributed by atoms with Crippen molar-refractivity contribution in [2.45, 2.75) is 51.7 Å². The van der Waals surface area contributed by atoms with Gasteiger partial charge in [0.05, 0.1) is 16.8 Å². The number of hydrogen-bond donors (Lipinski definition) is 1. The maximum atomic E-state index is 13.0. The summed E-state index contributed by atoms with van der Waals surface area (Å²) in [6.45, 7) is 3.64. The van der Waals surface area contributed by atoms with E-state index in [4.69, 9.17) is 9.72 Å². The van der Waals surface area contributed by atoms with Gasteiger partial charge >= 0.3 is 5.97 Å². The molecule has 1 saturated carbocycles. The Morgan fingerprint density at radius 2 is 1.77 bits per heavy atom. The van der Waals surface area contributed by atoms with E-state index in [1.54, 1.807) is 13.0 Å². The van der Waals surface area contributed by atoms with Gasteiger partial charge in [-0.2, -0.15) is 0 Å². The van der Waals surface area contributed by atoms with Gasteiger partial charge in [0, 0.05) is 17.0 Å². The number of nitrogens with one attached hydrogen (secondary N) is 1. The number of carbonyl (C=O) groups excluding carboxylic acids is 2. The summed E-state index contributed by atoms with van der Waals surface area (Å²) < 4.78 is 5.55. The lowest BCUT2D eigenvalue weighted by Gasteiger charge is -2.18. The van der Waals surface area contributed by atoms with Crippen LogP contribution in [0, 0.1) is 6.92 Å². The minimum atomic E-state index is -0.854. The van der Waals surface area contributed by atoms with E-state index < -0.39 is 12.1 Å². The minimum absolute atomic E-state index is 0.188. The van der Waals surface area contributed by atoms with Crippen molar-refractivity contribution in [1.29, 1.82) is 0 Å². The molecule has 5 heteroatoms. The number of ether oxygens (including phenoxy) is 1. The zero-order valence-corrected chi connectivity index (χ0v) is 17.4. The SMILES string of the molecule is Cc1ccc(-c2cc(C(=O)OC(C)C(=O)NC3CCCC3)c3ccccc3n2)cc1. The second-order valence-corrected chi connectivity index (χ2v) is 7.98. The molecule has 1 atom stereocenters. The van der Waals surface area contributed by atoms with Gasteiger partial charge < -0.3 is 10.1 Å². The van der Waals surface area contributed by atoms with Gasteiger partial charge in [-0.05, 0) is 38.8 Å². The molecule has 1 fully saturated rings. The van der Waals surface area contributed by atoms with Gasteiger partial charge in [-0.3, -0.25) is 4.79 Å². The molecule has 0 aliphatic heterocycles. The maximum Gasteiger partial charge on any atom is 0.339 e. The number of carbonyl (C=O) groups is 2. The van der Waals surface area contributed by atoms with Crippen LogP contribution >= 0.6 is 0 Å². The topological polar surface area (TPSA) is 68.3 Å². The molecule has 30 heavy (non-hydrogen) atoms. The van der Waals surface area contributed by atoms with E-state index in [-0.39, 0.29) is 11.9 Å². The minimum Gasteiger partial charge on any atom is -0.449 e. The Balaban J connectivity index is 1.60. The van der Waals surface area contributed by atoms with Crippen molar-refractivity contribution in [3.05, 3.63) is 65.7 Å². The standard InChI is InChI=1S/C25H26N2O3/c1-16-11-13-18(14-12-16)23-15-21(20-9-5-6-10-22(20)27-23)25(29)30-17(2)24(28)26-19-7-3-4-8-19/h5-6,9-15,17,19H,3-4,7-8H2,1-2H3,(H,26,28). The molecule has 4 rings (SSSR count). The average Bonchev–Trinajstić information content (AvgIpc) is 3.26. The normalized spacial score (nSPS) is 15.1. The van der Waals surface area contributed by atoms with Crippen molar-refractivity contribution in [3.8, 4) is 11.3 Å². The van der Waals surface area contributed by atoms with Crippen LogP contribution in [-0.2, 0) is 9.53 Å². The molecule has 1 unspecified atom stereocenters. The second kappa shape index (κ2) is 8.66. The number of esters is 1. The Labute approximate surface area is 176 Å². The number of rotatable bonds is 5. The second-order valence-electron chi connectivity index (χ2n) is 7.98. The lowest BCUT2D eigenvalue weighted by Crippen LogP contribution is -2.40. The quantitative estimate of drug-likeness (QED) is 0.622. The molecular weight excluding hydrogens is 376 g/mol. The fraction of sp³-hybridized carbons (Fsp3) is 0.320. The van der Waals surface area contributed by atoms with Crippen LogP contribution in [-0.4, -0.2) is 29.0 Å². The van der Waals surface area contributed by atoms with Crippen LogP contribution in [0.5, 0.6) is 0 Å². The van der Waals surface area contributed by atoms with Gasteiger partial charge in [0.15, 0.2) is 6.10 Å². The third-order valence-corrected chi connectivity index (χ3v) is 5.64. The number of nitrogens with zero attached hydrogens (tertiary/aromatic N) is 1. The number of benzene rings is 2. The smallest absolute Gasteiger partial charge is 0.339 e. The molecule has 0 spiro atoms. The molecule has 154 valence electrons. The highest BCUT2D eigenvalue weighted by Gasteiger charge is 2.24. The van der Waals surface area contributed by atoms with Gasteiger partial charge in [-0.15, -0.1) is 0 Å². The molecule has 0 saturated heterocycles. The molecule has 1 aliphatic rings. The summed E-state index contributed by atoms with van der Waals surface area (Å²) in [5.74, 6) is -0.761. The summed E-state index contributed by atoms with van der Waals surface area (Å²) in [4.78, 5) is 30.2. The van der Waals surface area contributed by atoms with Gasteiger partial charge in [0.2, 0.25) is 0 Å². The Bertz CT molecular complexity index is 1070. The molecule has 1 aromatic heterocycles. The number of aryl methyl sites for hydroxylation is 1. The van der Waals surface area contributed by atoms with Crippen molar-refractivity contribution in [2.24, 2.45) is 0 Å². The van der Waals surface area contributed by atoms with Crippen molar-refractivity contribution < 1.29 is 14.3 Å². The molecule has 0 radical (unpaired) electrons. The molecule has 3 aromatic rings. The van der Waals surface area contributed by atoms with E-state index in [0.717, 1.165) is 36.8 Å². The van der Waals surface area contributed by atoms with Crippen LogP contribution in [0.3, 0.4) is 0 Å². The third-order valence-electron chi connectivity index (χ3n) is 5.64. The van der Waals surface area contributed by atoms with Crippen LogP contribution in [0.25, 0.3) is 22.2 Å². The first-order valence-corrected chi connectivity index (χ1v) is 10.5. The molecule has 2 aromatic carbocycles. The van der Waals surface area contributed by atoms with Crippen molar-refractivity contribution >= 4 is 22.8 Å². The number of fused-ring (bicyclic) bond motifs is 1. The maximum absolute atomic E-state index is 13.0. The Morgan fingerprint density at radius 1 is 1.07 bits per heavy atom. The zero-order chi connectivity index (χ0) is 21.1. The fourth-order valence-corrected chi connectivity index (χ4v) is 3.88. The molecule has 1 aliphatic carbocycles. The molecule has 5 nitrogen and oxygen atoms in total. The molecule has 1 N–H and O–H groups in total. The van der Waals surface area contributed by atoms with E-state index in [1.165, 1.54) is 0 Å². The van der Waals surface area contributed by atoms with E-state index >= 15 is 0 Å². The highest BCUT2D eigenvalue weighted by Crippen LogP contribution is 2.26. The molecule has 0 bridgehead atoms. The predicted molar refractivity (Wildman–Crippen MR) is 117 cm³/mol. The van der Waals surface area contributed by atoms with Gasteiger partial charge in [0.1, 0.15) is 0 Å². The number of hydrogen-bond acceptors (Lipinski definition) is 4. The summed E-state index contributed by atoms with van der Waals surface area (Å²) >= 11 is 0. The van der Waals surface area contributed by atoms with Crippen molar-refractivity contribution in [2.75, 3.05) is 0 Å². The Kier molecular flexibility index (Phi) is 5.79.